The van der Waals surface area contributed by atoms with E-state index in [-0.39, 0.29) is 0 Å². The second-order valence-corrected chi connectivity index (χ2v) is 4.47. The van der Waals surface area contributed by atoms with Crippen molar-refractivity contribution in [3.63, 3.8) is 0 Å². The van der Waals surface area contributed by atoms with E-state index in [0.717, 1.165) is 19.6 Å². The SMILES string of the molecule is CCN(CCNc1nnc(C)o1)c1cccc(C)c1. The molecule has 0 spiro atoms. The van der Waals surface area contributed by atoms with Gasteiger partial charge in [0.2, 0.25) is 5.89 Å². The first-order chi connectivity index (χ1) is 9.19. The van der Waals surface area contributed by atoms with Gasteiger partial charge in [0.25, 0.3) is 0 Å². The number of nitrogens with one attached hydrogen (secondary N) is 1. The van der Waals surface area contributed by atoms with E-state index in [1.54, 1.807) is 6.92 Å². The molecule has 1 aromatic heterocycles. The summed E-state index contributed by atoms with van der Waals surface area (Å²) in [6.07, 6.45) is 0. The summed E-state index contributed by atoms with van der Waals surface area (Å²) in [6.45, 7) is 8.66. The number of aromatic nitrogens is 2. The van der Waals surface area contributed by atoms with Gasteiger partial charge in [-0.15, -0.1) is 5.10 Å². The fourth-order valence-corrected chi connectivity index (χ4v) is 1.96. The van der Waals surface area contributed by atoms with Crippen LogP contribution in [0.2, 0.25) is 0 Å². The number of benzene rings is 1. The molecule has 1 aromatic carbocycles. The molecule has 19 heavy (non-hydrogen) atoms. The maximum Gasteiger partial charge on any atom is 0.315 e. The van der Waals surface area contributed by atoms with Crippen molar-refractivity contribution >= 4 is 11.7 Å². The highest BCUT2D eigenvalue weighted by atomic mass is 16.4. The molecule has 0 unspecified atom stereocenters. The Bertz CT molecular complexity index is 524. The predicted octanol–water partition coefficient (Wildman–Crippen LogP) is 2.62. The van der Waals surface area contributed by atoms with Gasteiger partial charge in [-0.05, 0) is 31.5 Å². The Labute approximate surface area is 113 Å². The summed E-state index contributed by atoms with van der Waals surface area (Å²) in [6, 6.07) is 9.00. The molecule has 0 radical (unpaired) electrons. The van der Waals surface area contributed by atoms with Crippen molar-refractivity contribution in [2.75, 3.05) is 29.9 Å². The molecule has 5 heteroatoms. The van der Waals surface area contributed by atoms with Crippen molar-refractivity contribution < 1.29 is 4.42 Å². The first-order valence-electron chi connectivity index (χ1n) is 6.54. The van der Waals surface area contributed by atoms with E-state index in [4.69, 9.17) is 4.42 Å². The van der Waals surface area contributed by atoms with Gasteiger partial charge in [0.15, 0.2) is 0 Å². The third-order valence-corrected chi connectivity index (χ3v) is 2.93. The topological polar surface area (TPSA) is 54.2 Å². The zero-order chi connectivity index (χ0) is 13.7. The molecule has 5 nitrogen and oxygen atoms in total. The van der Waals surface area contributed by atoms with Crippen LogP contribution in [0.15, 0.2) is 28.7 Å². The Kier molecular flexibility index (Phi) is 4.39. The minimum absolute atomic E-state index is 0.484. The number of rotatable bonds is 6. The van der Waals surface area contributed by atoms with Gasteiger partial charge in [-0.3, -0.25) is 0 Å². The average molecular weight is 260 g/mol. The van der Waals surface area contributed by atoms with E-state index in [9.17, 15) is 0 Å². The molecule has 0 amide bonds. The fourth-order valence-electron chi connectivity index (χ4n) is 1.96. The molecule has 0 aliphatic carbocycles. The lowest BCUT2D eigenvalue weighted by atomic mass is 10.2. The Morgan fingerprint density at radius 1 is 1.26 bits per heavy atom. The molecule has 0 saturated heterocycles. The lowest BCUT2D eigenvalue weighted by molar-refractivity contribution is 0.530. The summed E-state index contributed by atoms with van der Waals surface area (Å²) < 4.78 is 5.27. The van der Waals surface area contributed by atoms with E-state index in [2.05, 4.69) is 58.5 Å². The molecular weight excluding hydrogens is 240 g/mol. The third-order valence-electron chi connectivity index (χ3n) is 2.93. The summed E-state index contributed by atoms with van der Waals surface area (Å²) in [5.41, 5.74) is 2.52. The molecule has 102 valence electrons. The molecule has 0 bridgehead atoms. The first-order valence-corrected chi connectivity index (χ1v) is 6.54. The van der Waals surface area contributed by atoms with E-state index in [1.165, 1.54) is 11.3 Å². The van der Waals surface area contributed by atoms with Crippen LogP contribution in [0.3, 0.4) is 0 Å². The molecule has 0 fully saturated rings. The summed E-state index contributed by atoms with van der Waals surface area (Å²) in [5, 5.41) is 10.8. The number of hydrogen-bond donors (Lipinski definition) is 1. The number of hydrogen-bond acceptors (Lipinski definition) is 5. The van der Waals surface area contributed by atoms with Crippen LogP contribution in [0.25, 0.3) is 0 Å². The van der Waals surface area contributed by atoms with Crippen molar-refractivity contribution in [1.29, 1.82) is 0 Å². The summed E-state index contributed by atoms with van der Waals surface area (Å²) in [5.74, 6) is 0.577. The van der Waals surface area contributed by atoms with Gasteiger partial charge in [0.1, 0.15) is 0 Å². The van der Waals surface area contributed by atoms with Gasteiger partial charge in [0, 0.05) is 32.2 Å². The molecular formula is C14H20N4O. The van der Waals surface area contributed by atoms with Crippen molar-refractivity contribution in [2.45, 2.75) is 20.8 Å². The Morgan fingerprint density at radius 2 is 2.11 bits per heavy atom. The normalized spacial score (nSPS) is 10.5. The van der Waals surface area contributed by atoms with E-state index >= 15 is 0 Å². The van der Waals surface area contributed by atoms with Crippen LogP contribution < -0.4 is 10.2 Å². The zero-order valence-corrected chi connectivity index (χ0v) is 11.7. The van der Waals surface area contributed by atoms with Crippen LogP contribution in [-0.2, 0) is 0 Å². The van der Waals surface area contributed by atoms with Crippen LogP contribution in [0.4, 0.5) is 11.7 Å². The van der Waals surface area contributed by atoms with E-state index < -0.39 is 0 Å². The monoisotopic (exact) mass is 260 g/mol. The maximum absolute atomic E-state index is 5.27. The first kappa shape index (κ1) is 13.4. The largest absolute Gasteiger partial charge is 0.408 e. The Balaban J connectivity index is 1.89. The van der Waals surface area contributed by atoms with Crippen LogP contribution in [0.5, 0.6) is 0 Å². The smallest absolute Gasteiger partial charge is 0.315 e. The number of likely N-dealkylation sites (N-methyl/N-ethyl adjacent to an activating group) is 1. The van der Waals surface area contributed by atoms with Crippen LogP contribution in [-0.4, -0.2) is 29.8 Å². The highest BCUT2D eigenvalue weighted by Crippen LogP contribution is 2.15. The summed E-state index contributed by atoms with van der Waals surface area (Å²) in [4.78, 5) is 2.31. The summed E-state index contributed by atoms with van der Waals surface area (Å²) in [7, 11) is 0. The van der Waals surface area contributed by atoms with Gasteiger partial charge >= 0.3 is 6.01 Å². The lowest BCUT2D eigenvalue weighted by Crippen LogP contribution is -2.28. The highest BCUT2D eigenvalue weighted by molar-refractivity contribution is 5.48. The van der Waals surface area contributed by atoms with Crippen molar-refractivity contribution in [2.24, 2.45) is 0 Å². The van der Waals surface area contributed by atoms with Gasteiger partial charge in [-0.1, -0.05) is 17.2 Å². The quantitative estimate of drug-likeness (QED) is 0.865. The highest BCUT2D eigenvalue weighted by Gasteiger charge is 2.05. The number of anilines is 2. The number of aryl methyl sites for hydroxylation is 2. The fraction of sp³-hybridized carbons (Fsp3) is 0.429. The minimum atomic E-state index is 0.484. The second-order valence-electron chi connectivity index (χ2n) is 4.47. The van der Waals surface area contributed by atoms with Crippen LogP contribution in [0.1, 0.15) is 18.4 Å². The van der Waals surface area contributed by atoms with Crippen LogP contribution in [0, 0.1) is 13.8 Å². The molecule has 0 aliphatic rings. The zero-order valence-electron chi connectivity index (χ0n) is 11.7. The van der Waals surface area contributed by atoms with Crippen molar-refractivity contribution in [3.05, 3.63) is 35.7 Å². The molecule has 0 aliphatic heterocycles. The molecule has 1 N–H and O–H groups in total. The molecule has 1 heterocycles. The third kappa shape index (κ3) is 3.71. The van der Waals surface area contributed by atoms with Gasteiger partial charge in [-0.2, -0.15) is 0 Å². The Hall–Kier alpha value is -2.04. The second kappa shape index (κ2) is 6.22. The molecule has 0 atom stereocenters. The van der Waals surface area contributed by atoms with Crippen LogP contribution >= 0.6 is 0 Å². The average Bonchev–Trinajstić information content (AvgIpc) is 2.80. The van der Waals surface area contributed by atoms with E-state index in [0.29, 0.717) is 11.9 Å². The molecule has 2 rings (SSSR count). The predicted molar refractivity (Wildman–Crippen MR) is 76.6 cm³/mol. The number of nitrogens with zero attached hydrogens (tertiary/aromatic N) is 3. The minimum Gasteiger partial charge on any atom is -0.408 e. The van der Waals surface area contributed by atoms with Crippen molar-refractivity contribution in [1.82, 2.24) is 10.2 Å². The molecule has 2 aromatic rings. The summed E-state index contributed by atoms with van der Waals surface area (Å²) >= 11 is 0. The van der Waals surface area contributed by atoms with Gasteiger partial charge in [-0.25, -0.2) is 0 Å². The van der Waals surface area contributed by atoms with Gasteiger partial charge < -0.3 is 14.6 Å². The van der Waals surface area contributed by atoms with E-state index in [1.807, 2.05) is 0 Å². The van der Waals surface area contributed by atoms with Gasteiger partial charge in [0.05, 0.1) is 0 Å². The molecule has 0 saturated carbocycles. The maximum atomic E-state index is 5.27. The Morgan fingerprint density at radius 3 is 2.74 bits per heavy atom. The van der Waals surface area contributed by atoms with Crippen molar-refractivity contribution in [3.8, 4) is 0 Å². The standard InChI is InChI=1S/C14H20N4O/c1-4-18(13-7-5-6-11(2)10-13)9-8-15-14-17-16-12(3)19-14/h5-7,10H,4,8-9H2,1-3H3,(H,15,17). The lowest BCUT2D eigenvalue weighted by Gasteiger charge is -2.23.